The van der Waals surface area contributed by atoms with Gasteiger partial charge in [-0.2, -0.15) is 0 Å². The second-order valence-corrected chi connectivity index (χ2v) is 9.75. The van der Waals surface area contributed by atoms with Crippen molar-refractivity contribution in [2.24, 2.45) is 0 Å². The van der Waals surface area contributed by atoms with Gasteiger partial charge in [-0.25, -0.2) is 18.4 Å². The van der Waals surface area contributed by atoms with E-state index in [0.717, 1.165) is 4.90 Å². The number of nitrogens with zero attached hydrogens (tertiary/aromatic N) is 2. The second kappa shape index (κ2) is 8.34. The molecule has 0 bridgehead atoms. The fraction of sp³-hybridized carbons (Fsp3) is 0.900. The largest absolute Gasteiger partial charge is 0.458 e. The predicted molar refractivity (Wildman–Crippen MR) is 103 cm³/mol. The Hall–Kier alpha value is -1.48. The van der Waals surface area contributed by atoms with Crippen molar-refractivity contribution in [3.05, 3.63) is 0 Å². The van der Waals surface area contributed by atoms with Crippen molar-refractivity contribution in [1.29, 1.82) is 0 Å². The molecule has 2 fully saturated rings. The number of hydrogen-bond donors (Lipinski definition) is 0. The van der Waals surface area contributed by atoms with Crippen LogP contribution in [0.2, 0.25) is 0 Å². The molecule has 0 N–H and O–H groups in total. The van der Waals surface area contributed by atoms with Gasteiger partial charge in [-0.3, -0.25) is 9.80 Å². The summed E-state index contributed by atoms with van der Waals surface area (Å²) in [7, 11) is 0. The van der Waals surface area contributed by atoms with Crippen molar-refractivity contribution in [3.63, 3.8) is 0 Å². The topological polar surface area (TPSA) is 68.3 Å². The number of carbonyl (C=O) groups is 2. The molecule has 0 aromatic heterocycles. The van der Waals surface area contributed by atoms with Crippen LogP contribution in [-0.4, -0.2) is 83.4 Å². The second-order valence-electron chi connectivity index (χ2n) is 9.75. The van der Waals surface area contributed by atoms with Crippen molar-refractivity contribution >= 4 is 12.1 Å². The zero-order chi connectivity index (χ0) is 22.2. The van der Waals surface area contributed by atoms with Gasteiger partial charge in [0.15, 0.2) is 6.10 Å². The minimum Gasteiger partial charge on any atom is -0.458 e. The van der Waals surface area contributed by atoms with E-state index < -0.39 is 53.9 Å². The van der Waals surface area contributed by atoms with Gasteiger partial charge in [0.2, 0.25) is 0 Å². The van der Waals surface area contributed by atoms with Crippen molar-refractivity contribution in [2.45, 2.75) is 90.2 Å². The molecule has 2 aliphatic rings. The number of fused-ring (bicyclic) bond motifs is 1. The molecule has 2 rings (SSSR count). The first-order valence-corrected chi connectivity index (χ1v) is 10.1. The Labute approximate surface area is 171 Å². The predicted octanol–water partition coefficient (Wildman–Crippen LogP) is 3.06. The zero-order valence-electron chi connectivity index (χ0n) is 18.5. The molecule has 0 saturated carbocycles. The maximum Gasteiger partial charge on any atom is 0.410 e. The van der Waals surface area contributed by atoms with Crippen LogP contribution in [0, 0.1) is 0 Å². The average molecular weight is 420 g/mol. The van der Waals surface area contributed by atoms with Gasteiger partial charge in [0.25, 0.3) is 5.92 Å². The molecule has 1 amide bonds. The summed E-state index contributed by atoms with van der Waals surface area (Å²) in [5, 5.41) is 0. The first kappa shape index (κ1) is 23.8. The lowest BCUT2D eigenvalue weighted by atomic mass is 10.1. The van der Waals surface area contributed by atoms with Crippen LogP contribution in [0.3, 0.4) is 0 Å². The first-order valence-electron chi connectivity index (χ1n) is 10.1. The van der Waals surface area contributed by atoms with E-state index in [2.05, 4.69) is 0 Å². The molecule has 1 unspecified atom stereocenters. The third kappa shape index (κ3) is 6.25. The number of rotatable bonds is 5. The van der Waals surface area contributed by atoms with Gasteiger partial charge >= 0.3 is 12.1 Å². The molecule has 2 heterocycles. The summed E-state index contributed by atoms with van der Waals surface area (Å²) in [6, 6.07) is -1.67. The molecule has 3 atom stereocenters. The molecule has 0 radical (unpaired) electrons. The minimum atomic E-state index is -3.03. The first-order chi connectivity index (χ1) is 13.1. The van der Waals surface area contributed by atoms with Crippen molar-refractivity contribution in [3.8, 4) is 0 Å². The van der Waals surface area contributed by atoms with Gasteiger partial charge < -0.3 is 14.2 Å². The average Bonchev–Trinajstić information content (AvgIpc) is 3.04. The molecule has 168 valence electrons. The molecular formula is C20H34F2N2O5. The number of ether oxygens (including phenoxy) is 3. The molecular weight excluding hydrogens is 386 g/mol. The molecule has 0 aliphatic carbocycles. The molecule has 29 heavy (non-hydrogen) atoms. The Balaban J connectivity index is 1.92. The van der Waals surface area contributed by atoms with E-state index in [1.807, 2.05) is 0 Å². The number of hydrogen-bond acceptors (Lipinski definition) is 6. The van der Waals surface area contributed by atoms with Crippen LogP contribution in [0.15, 0.2) is 0 Å². The summed E-state index contributed by atoms with van der Waals surface area (Å²) in [4.78, 5) is 27.1. The Kier molecular flexibility index (Phi) is 6.84. The SMILES string of the molecule is CC(OCCN1CC[C@H]2[C@@H]1C(F)(F)CN2C(=O)OC(C)(C)C)C(=O)OC(C)(C)C. The number of halogens is 2. The van der Waals surface area contributed by atoms with E-state index in [1.54, 1.807) is 53.4 Å². The maximum absolute atomic E-state index is 14.7. The monoisotopic (exact) mass is 420 g/mol. The number of amides is 1. The third-order valence-electron chi connectivity index (χ3n) is 4.80. The van der Waals surface area contributed by atoms with E-state index in [-0.39, 0.29) is 13.2 Å². The van der Waals surface area contributed by atoms with Gasteiger partial charge in [0.1, 0.15) is 11.2 Å². The molecule has 0 spiro atoms. The van der Waals surface area contributed by atoms with E-state index in [1.165, 1.54) is 0 Å². The van der Waals surface area contributed by atoms with Crippen LogP contribution in [0.4, 0.5) is 13.6 Å². The lowest BCUT2D eigenvalue weighted by molar-refractivity contribution is -0.167. The summed E-state index contributed by atoms with van der Waals surface area (Å²) in [6.07, 6.45) is -1.04. The number of alkyl halides is 2. The van der Waals surface area contributed by atoms with Gasteiger partial charge in [-0.05, 0) is 54.9 Å². The summed E-state index contributed by atoms with van der Waals surface area (Å²) in [5.74, 6) is -3.52. The summed E-state index contributed by atoms with van der Waals surface area (Å²) in [5.41, 5.74) is -1.36. The molecule has 9 heteroatoms. The lowest BCUT2D eigenvalue weighted by Crippen LogP contribution is -2.46. The fourth-order valence-electron chi connectivity index (χ4n) is 3.72. The van der Waals surface area contributed by atoms with Crippen molar-refractivity contribution in [2.75, 3.05) is 26.2 Å². The maximum atomic E-state index is 14.7. The highest BCUT2D eigenvalue weighted by atomic mass is 19.3. The Bertz CT molecular complexity index is 615. The smallest absolute Gasteiger partial charge is 0.410 e. The van der Waals surface area contributed by atoms with E-state index >= 15 is 0 Å². The van der Waals surface area contributed by atoms with Crippen LogP contribution in [-0.2, 0) is 19.0 Å². The van der Waals surface area contributed by atoms with Gasteiger partial charge in [-0.1, -0.05) is 0 Å². The van der Waals surface area contributed by atoms with Gasteiger partial charge in [0.05, 0.1) is 25.2 Å². The fourth-order valence-corrected chi connectivity index (χ4v) is 3.72. The standard InChI is InChI=1S/C20H34F2N2O5/c1-13(16(25)28-18(2,3)4)27-11-10-23-9-8-14-15(23)20(21,22)12-24(14)17(26)29-19(5,6)7/h13-15H,8-12H2,1-7H3/t13?,14-,15+/m0/s1. The lowest BCUT2D eigenvalue weighted by Gasteiger charge is -2.28. The quantitative estimate of drug-likeness (QED) is 0.637. The normalized spacial score (nSPS) is 25.6. The molecule has 2 aliphatic heterocycles. The van der Waals surface area contributed by atoms with Crippen LogP contribution < -0.4 is 0 Å². The summed E-state index contributed by atoms with van der Waals surface area (Å²) in [6.45, 7) is 12.1. The Morgan fingerprint density at radius 3 is 2.24 bits per heavy atom. The van der Waals surface area contributed by atoms with Gasteiger partial charge in [-0.15, -0.1) is 0 Å². The minimum absolute atomic E-state index is 0.117. The highest BCUT2D eigenvalue weighted by Gasteiger charge is 2.61. The third-order valence-corrected chi connectivity index (χ3v) is 4.80. The van der Waals surface area contributed by atoms with Crippen LogP contribution in [0.5, 0.6) is 0 Å². The zero-order valence-corrected chi connectivity index (χ0v) is 18.5. The van der Waals surface area contributed by atoms with Crippen LogP contribution >= 0.6 is 0 Å². The van der Waals surface area contributed by atoms with Crippen molar-refractivity contribution < 1.29 is 32.6 Å². The number of carbonyl (C=O) groups excluding carboxylic acids is 2. The van der Waals surface area contributed by atoms with E-state index in [4.69, 9.17) is 14.2 Å². The molecule has 7 nitrogen and oxygen atoms in total. The Morgan fingerprint density at radius 1 is 1.10 bits per heavy atom. The Morgan fingerprint density at radius 2 is 1.69 bits per heavy atom. The highest BCUT2D eigenvalue weighted by Crippen LogP contribution is 2.41. The van der Waals surface area contributed by atoms with Gasteiger partial charge in [0, 0.05) is 13.1 Å². The highest BCUT2D eigenvalue weighted by molar-refractivity contribution is 5.74. The van der Waals surface area contributed by atoms with Crippen LogP contribution in [0.25, 0.3) is 0 Å². The summed E-state index contributed by atoms with van der Waals surface area (Å²) >= 11 is 0. The van der Waals surface area contributed by atoms with Crippen LogP contribution in [0.1, 0.15) is 54.9 Å². The molecule has 0 aromatic carbocycles. The number of likely N-dealkylation sites (tertiary alicyclic amines) is 2. The van der Waals surface area contributed by atoms with E-state index in [0.29, 0.717) is 13.0 Å². The van der Waals surface area contributed by atoms with E-state index in [9.17, 15) is 18.4 Å². The number of esters is 1. The van der Waals surface area contributed by atoms with Crippen molar-refractivity contribution in [1.82, 2.24) is 9.80 Å². The summed E-state index contributed by atoms with van der Waals surface area (Å²) < 4.78 is 45.4. The molecule has 0 aromatic rings. The molecule has 2 saturated heterocycles.